The van der Waals surface area contributed by atoms with Crippen LogP contribution >= 0.6 is 24.8 Å². The highest BCUT2D eigenvalue weighted by atomic mass is 35.5. The van der Waals surface area contributed by atoms with Crippen molar-refractivity contribution in [2.75, 3.05) is 25.0 Å². The number of anilines is 1. The number of amides is 1. The summed E-state index contributed by atoms with van der Waals surface area (Å²) in [4.78, 5) is 15.7. The van der Waals surface area contributed by atoms with E-state index in [2.05, 4.69) is 20.4 Å². The third-order valence-corrected chi connectivity index (χ3v) is 3.06. The van der Waals surface area contributed by atoms with E-state index in [-0.39, 0.29) is 42.5 Å². The van der Waals surface area contributed by atoms with Gasteiger partial charge in [-0.3, -0.25) is 4.79 Å². The molecule has 1 saturated heterocycles. The van der Waals surface area contributed by atoms with E-state index in [1.807, 2.05) is 0 Å². The summed E-state index contributed by atoms with van der Waals surface area (Å²) in [5, 5.41) is 5.83. The van der Waals surface area contributed by atoms with E-state index < -0.39 is 12.8 Å². The van der Waals surface area contributed by atoms with Crippen LogP contribution in [0.2, 0.25) is 0 Å². The molecule has 1 atom stereocenters. The lowest BCUT2D eigenvalue weighted by atomic mass is 9.99. The van der Waals surface area contributed by atoms with Crippen molar-refractivity contribution in [1.29, 1.82) is 0 Å². The second-order valence-corrected chi connectivity index (χ2v) is 4.82. The van der Waals surface area contributed by atoms with Gasteiger partial charge in [-0.15, -0.1) is 24.8 Å². The van der Waals surface area contributed by atoms with E-state index in [4.69, 9.17) is 0 Å². The van der Waals surface area contributed by atoms with Crippen LogP contribution in [0.25, 0.3) is 0 Å². The molecular weight excluding hydrogens is 358 g/mol. The third-order valence-electron chi connectivity index (χ3n) is 3.06. The molecule has 0 saturated carbocycles. The summed E-state index contributed by atoms with van der Waals surface area (Å²) in [5.74, 6) is -0.350. The fraction of sp³-hybridized carbons (Fsp3) is 0.538. The number of aromatic nitrogens is 1. The maximum absolute atomic E-state index is 12.0. The van der Waals surface area contributed by atoms with Crippen LogP contribution in [0.1, 0.15) is 12.8 Å². The average Bonchev–Trinajstić information content (AvgIpc) is 2.46. The van der Waals surface area contributed by atoms with Gasteiger partial charge in [0.25, 0.3) is 0 Å². The lowest BCUT2D eigenvalue weighted by Crippen LogP contribution is -2.37. The SMILES string of the molecule is Cl.Cl.O=C(Nc1ccc(OCC(F)(F)F)nc1)C1CCCNC1. The van der Waals surface area contributed by atoms with Crippen molar-refractivity contribution in [3.63, 3.8) is 0 Å². The number of nitrogens with one attached hydrogen (secondary N) is 2. The summed E-state index contributed by atoms with van der Waals surface area (Å²) in [7, 11) is 0. The average molecular weight is 376 g/mol. The Labute approximate surface area is 144 Å². The number of hydrogen-bond acceptors (Lipinski definition) is 4. The number of pyridine rings is 1. The lowest BCUT2D eigenvalue weighted by Gasteiger charge is -2.21. The molecule has 1 aliphatic heterocycles. The molecule has 0 bridgehead atoms. The number of halogens is 5. The summed E-state index contributed by atoms with van der Waals surface area (Å²) in [5.41, 5.74) is 0.435. The number of hydrogen-bond donors (Lipinski definition) is 2. The maximum Gasteiger partial charge on any atom is 0.422 e. The van der Waals surface area contributed by atoms with E-state index >= 15 is 0 Å². The van der Waals surface area contributed by atoms with E-state index in [1.165, 1.54) is 18.3 Å². The van der Waals surface area contributed by atoms with Crippen molar-refractivity contribution >= 4 is 36.4 Å². The van der Waals surface area contributed by atoms with Gasteiger partial charge in [0.05, 0.1) is 17.8 Å². The third kappa shape index (κ3) is 7.71. The zero-order valence-corrected chi connectivity index (χ0v) is 13.7. The zero-order chi connectivity index (χ0) is 15.3. The van der Waals surface area contributed by atoms with Crippen LogP contribution < -0.4 is 15.4 Å². The first kappa shape index (κ1) is 21.8. The number of ether oxygens (including phenoxy) is 1. The molecule has 2 rings (SSSR count). The van der Waals surface area contributed by atoms with Gasteiger partial charge in [0.15, 0.2) is 6.61 Å². The molecule has 2 N–H and O–H groups in total. The van der Waals surface area contributed by atoms with Gasteiger partial charge >= 0.3 is 6.18 Å². The number of nitrogens with zero attached hydrogens (tertiary/aromatic N) is 1. The molecule has 23 heavy (non-hydrogen) atoms. The minimum atomic E-state index is -4.40. The van der Waals surface area contributed by atoms with Gasteiger partial charge in [0, 0.05) is 12.6 Å². The second-order valence-electron chi connectivity index (χ2n) is 4.82. The molecule has 5 nitrogen and oxygen atoms in total. The molecule has 0 aromatic carbocycles. The largest absolute Gasteiger partial charge is 0.468 e. The van der Waals surface area contributed by atoms with Crippen molar-refractivity contribution in [3.05, 3.63) is 18.3 Å². The van der Waals surface area contributed by atoms with E-state index in [9.17, 15) is 18.0 Å². The van der Waals surface area contributed by atoms with Gasteiger partial charge in [0.1, 0.15) is 0 Å². The first-order valence-electron chi connectivity index (χ1n) is 6.61. The highest BCUT2D eigenvalue weighted by Crippen LogP contribution is 2.19. The molecule has 1 aromatic heterocycles. The van der Waals surface area contributed by atoms with Crippen LogP contribution in [-0.2, 0) is 4.79 Å². The summed E-state index contributed by atoms with van der Waals surface area (Å²) in [6.07, 6.45) is -1.36. The maximum atomic E-state index is 12.0. The van der Waals surface area contributed by atoms with E-state index in [1.54, 1.807) is 0 Å². The number of piperidine rings is 1. The van der Waals surface area contributed by atoms with E-state index in [0.717, 1.165) is 19.4 Å². The fourth-order valence-electron chi connectivity index (χ4n) is 2.02. The molecule has 1 aliphatic rings. The predicted octanol–water partition coefficient (Wildman–Crippen LogP) is 2.80. The van der Waals surface area contributed by atoms with Crippen LogP contribution in [0, 0.1) is 5.92 Å². The highest BCUT2D eigenvalue weighted by Gasteiger charge is 2.28. The number of carbonyl (C=O) groups excluding carboxylic acids is 1. The lowest BCUT2D eigenvalue weighted by molar-refractivity contribution is -0.154. The van der Waals surface area contributed by atoms with Crippen LogP contribution in [0.15, 0.2) is 18.3 Å². The smallest absolute Gasteiger partial charge is 0.422 e. The van der Waals surface area contributed by atoms with Gasteiger partial charge in [-0.2, -0.15) is 13.2 Å². The Bertz CT molecular complexity index is 480. The standard InChI is InChI=1S/C13H16F3N3O2.2ClH/c14-13(15,16)8-21-11-4-3-10(7-18-11)19-12(20)9-2-1-5-17-6-9;;/h3-4,7,9,17H,1-2,5-6,8H2,(H,19,20);2*1H. The molecule has 0 radical (unpaired) electrons. The van der Waals surface area contributed by atoms with Gasteiger partial charge in [-0.25, -0.2) is 4.98 Å². The first-order chi connectivity index (χ1) is 9.94. The first-order valence-corrected chi connectivity index (χ1v) is 6.61. The molecule has 1 aromatic rings. The summed E-state index contributed by atoms with van der Waals surface area (Å²) < 4.78 is 40.4. The normalized spacial score (nSPS) is 17.4. The Hall–Kier alpha value is -1.25. The van der Waals surface area contributed by atoms with Gasteiger partial charge in [-0.1, -0.05) is 0 Å². The topological polar surface area (TPSA) is 63.2 Å². The second kappa shape index (κ2) is 9.79. The molecule has 132 valence electrons. The molecule has 1 unspecified atom stereocenters. The molecule has 2 heterocycles. The summed E-state index contributed by atoms with van der Waals surface area (Å²) in [6, 6.07) is 2.76. The van der Waals surface area contributed by atoms with Gasteiger partial charge in [0.2, 0.25) is 11.8 Å². The number of carbonyl (C=O) groups is 1. The number of alkyl halides is 3. The highest BCUT2D eigenvalue weighted by molar-refractivity contribution is 5.92. The van der Waals surface area contributed by atoms with Crippen molar-refractivity contribution < 1.29 is 22.7 Å². The molecule has 1 amide bonds. The van der Waals surface area contributed by atoms with Crippen LogP contribution in [0.4, 0.5) is 18.9 Å². The van der Waals surface area contributed by atoms with Gasteiger partial charge in [-0.05, 0) is 25.5 Å². The zero-order valence-electron chi connectivity index (χ0n) is 12.1. The molecule has 0 aliphatic carbocycles. The van der Waals surface area contributed by atoms with Crippen LogP contribution in [0.3, 0.4) is 0 Å². The van der Waals surface area contributed by atoms with Crippen molar-refractivity contribution in [2.24, 2.45) is 5.92 Å². The number of rotatable bonds is 4. The monoisotopic (exact) mass is 375 g/mol. The minimum absolute atomic E-state index is 0. The minimum Gasteiger partial charge on any atom is -0.468 e. The Morgan fingerprint density at radius 2 is 2.13 bits per heavy atom. The van der Waals surface area contributed by atoms with Gasteiger partial charge < -0.3 is 15.4 Å². The summed E-state index contributed by atoms with van der Waals surface area (Å²) >= 11 is 0. The molecule has 0 spiro atoms. The van der Waals surface area contributed by atoms with E-state index in [0.29, 0.717) is 12.2 Å². The Morgan fingerprint density at radius 3 is 2.65 bits per heavy atom. The molecular formula is C13H18Cl2F3N3O2. The van der Waals surface area contributed by atoms with Crippen LogP contribution in [0.5, 0.6) is 5.88 Å². The van der Waals surface area contributed by atoms with Crippen LogP contribution in [-0.4, -0.2) is 36.8 Å². The fourth-order valence-corrected chi connectivity index (χ4v) is 2.02. The Balaban J connectivity index is 0.00000242. The Kier molecular flexibility index (Phi) is 9.26. The Morgan fingerprint density at radius 1 is 1.39 bits per heavy atom. The summed E-state index contributed by atoms with van der Waals surface area (Å²) in [6.45, 7) is 0.155. The van der Waals surface area contributed by atoms with Crippen molar-refractivity contribution in [1.82, 2.24) is 10.3 Å². The van der Waals surface area contributed by atoms with Crippen molar-refractivity contribution in [3.8, 4) is 5.88 Å². The molecule has 1 fully saturated rings. The predicted molar refractivity (Wildman–Crippen MR) is 84.5 cm³/mol. The quantitative estimate of drug-likeness (QED) is 0.849. The molecule has 10 heteroatoms. The van der Waals surface area contributed by atoms with Crippen molar-refractivity contribution in [2.45, 2.75) is 19.0 Å².